The Labute approximate surface area is 101 Å². The first kappa shape index (κ1) is 12.2. The SMILES string of the molecule is O=C(COCC1CCCC1)c1cccc(F)c1. The zero-order valence-electron chi connectivity index (χ0n) is 9.82. The molecule has 92 valence electrons. The van der Waals surface area contributed by atoms with Gasteiger partial charge in [0.2, 0.25) is 0 Å². The van der Waals surface area contributed by atoms with Gasteiger partial charge < -0.3 is 4.74 Å². The number of benzene rings is 1. The smallest absolute Gasteiger partial charge is 0.188 e. The zero-order valence-corrected chi connectivity index (χ0v) is 9.82. The number of carbonyl (C=O) groups is 1. The van der Waals surface area contributed by atoms with Gasteiger partial charge in [-0.15, -0.1) is 0 Å². The second-order valence-electron chi connectivity index (χ2n) is 4.60. The van der Waals surface area contributed by atoms with Crippen molar-refractivity contribution in [1.82, 2.24) is 0 Å². The molecule has 0 bridgehead atoms. The zero-order chi connectivity index (χ0) is 12.1. The van der Waals surface area contributed by atoms with Gasteiger partial charge in [-0.25, -0.2) is 4.39 Å². The fourth-order valence-electron chi connectivity index (χ4n) is 2.24. The van der Waals surface area contributed by atoms with Crippen molar-refractivity contribution in [3.63, 3.8) is 0 Å². The Morgan fingerprint density at radius 3 is 2.82 bits per heavy atom. The van der Waals surface area contributed by atoms with E-state index in [1.165, 1.54) is 37.8 Å². The summed E-state index contributed by atoms with van der Waals surface area (Å²) in [5.74, 6) is 0.0736. The molecule has 1 aliphatic carbocycles. The fourth-order valence-corrected chi connectivity index (χ4v) is 2.24. The minimum Gasteiger partial charge on any atom is -0.373 e. The van der Waals surface area contributed by atoms with E-state index in [0.717, 1.165) is 0 Å². The molecule has 17 heavy (non-hydrogen) atoms. The summed E-state index contributed by atoms with van der Waals surface area (Å²) in [5.41, 5.74) is 0.386. The molecule has 2 rings (SSSR count). The first-order chi connectivity index (χ1) is 8.25. The molecule has 0 heterocycles. The molecule has 0 aromatic heterocycles. The summed E-state index contributed by atoms with van der Waals surface area (Å²) in [6.45, 7) is 0.709. The maximum absolute atomic E-state index is 12.9. The predicted octanol–water partition coefficient (Wildman–Crippen LogP) is 3.22. The number of Topliss-reactive ketones (excluding diaryl/α,β-unsaturated/α-hetero) is 1. The minimum absolute atomic E-state index is 0.0555. The van der Waals surface area contributed by atoms with Crippen LogP contribution in [0.4, 0.5) is 4.39 Å². The highest BCUT2D eigenvalue weighted by Crippen LogP contribution is 2.24. The molecule has 1 aromatic carbocycles. The molecule has 1 aliphatic rings. The van der Waals surface area contributed by atoms with Crippen LogP contribution in [0.5, 0.6) is 0 Å². The summed E-state index contributed by atoms with van der Waals surface area (Å²) in [7, 11) is 0. The molecule has 0 saturated heterocycles. The van der Waals surface area contributed by atoms with Crippen molar-refractivity contribution in [2.45, 2.75) is 25.7 Å². The molecule has 1 saturated carbocycles. The van der Waals surface area contributed by atoms with Gasteiger partial charge in [-0.1, -0.05) is 25.0 Å². The first-order valence-corrected chi connectivity index (χ1v) is 6.12. The first-order valence-electron chi connectivity index (χ1n) is 6.12. The van der Waals surface area contributed by atoms with Crippen LogP contribution < -0.4 is 0 Å². The molecule has 3 heteroatoms. The number of carbonyl (C=O) groups excluding carboxylic acids is 1. The van der Waals surface area contributed by atoms with Crippen LogP contribution in [0.15, 0.2) is 24.3 Å². The van der Waals surface area contributed by atoms with Gasteiger partial charge in [0, 0.05) is 5.56 Å². The molecule has 2 nitrogen and oxygen atoms in total. The number of hydrogen-bond donors (Lipinski definition) is 0. The second-order valence-corrected chi connectivity index (χ2v) is 4.60. The maximum atomic E-state index is 12.9. The molecule has 1 fully saturated rings. The highest BCUT2D eigenvalue weighted by molar-refractivity contribution is 5.97. The predicted molar refractivity (Wildman–Crippen MR) is 63.5 cm³/mol. The van der Waals surface area contributed by atoms with E-state index in [9.17, 15) is 9.18 Å². The van der Waals surface area contributed by atoms with Gasteiger partial charge >= 0.3 is 0 Å². The van der Waals surface area contributed by atoms with Crippen LogP contribution in [0.3, 0.4) is 0 Å². The van der Waals surface area contributed by atoms with Gasteiger partial charge in [-0.3, -0.25) is 4.79 Å². The van der Waals surface area contributed by atoms with Crippen molar-refractivity contribution < 1.29 is 13.9 Å². The third kappa shape index (κ3) is 3.63. The van der Waals surface area contributed by atoms with Crippen molar-refractivity contribution >= 4 is 5.78 Å². The largest absolute Gasteiger partial charge is 0.373 e. The van der Waals surface area contributed by atoms with E-state index in [4.69, 9.17) is 4.74 Å². The van der Waals surface area contributed by atoms with E-state index in [1.807, 2.05) is 0 Å². The third-order valence-corrected chi connectivity index (χ3v) is 3.21. The number of rotatable bonds is 5. The summed E-state index contributed by atoms with van der Waals surface area (Å²) < 4.78 is 18.3. The molecule has 0 unspecified atom stereocenters. The Morgan fingerprint density at radius 1 is 1.35 bits per heavy atom. The van der Waals surface area contributed by atoms with Gasteiger partial charge in [0.25, 0.3) is 0 Å². The lowest BCUT2D eigenvalue weighted by molar-refractivity contribution is 0.0681. The highest BCUT2D eigenvalue weighted by atomic mass is 19.1. The normalized spacial score (nSPS) is 16.3. The van der Waals surface area contributed by atoms with Crippen LogP contribution in [0.1, 0.15) is 36.0 Å². The van der Waals surface area contributed by atoms with Crippen molar-refractivity contribution in [2.75, 3.05) is 13.2 Å². The van der Waals surface area contributed by atoms with Crippen molar-refractivity contribution in [3.05, 3.63) is 35.6 Å². The van der Waals surface area contributed by atoms with Gasteiger partial charge in [0.15, 0.2) is 5.78 Å². The van der Waals surface area contributed by atoms with Crippen LogP contribution in [0.2, 0.25) is 0 Å². The summed E-state index contributed by atoms with van der Waals surface area (Å²) in [5, 5.41) is 0. The average Bonchev–Trinajstić information content (AvgIpc) is 2.82. The van der Waals surface area contributed by atoms with Gasteiger partial charge in [0.1, 0.15) is 12.4 Å². The summed E-state index contributed by atoms with van der Waals surface area (Å²) in [4.78, 5) is 11.7. The Bertz CT molecular complexity index is 384. The van der Waals surface area contributed by atoms with Gasteiger partial charge in [0.05, 0.1) is 6.61 Å². The van der Waals surface area contributed by atoms with Crippen LogP contribution in [0.25, 0.3) is 0 Å². The lowest BCUT2D eigenvalue weighted by Gasteiger charge is -2.09. The topological polar surface area (TPSA) is 26.3 Å². The van der Waals surface area contributed by atoms with Crippen LogP contribution in [-0.2, 0) is 4.74 Å². The molecule has 0 spiro atoms. The standard InChI is InChI=1S/C14H17FO2/c15-13-7-3-6-12(8-13)14(16)10-17-9-11-4-1-2-5-11/h3,6-8,11H,1-2,4-5,9-10H2. The van der Waals surface area contributed by atoms with Crippen molar-refractivity contribution in [1.29, 1.82) is 0 Å². The summed E-state index contributed by atoms with van der Waals surface area (Å²) in [6.07, 6.45) is 4.94. The monoisotopic (exact) mass is 236 g/mol. The van der Waals surface area contributed by atoms with Crippen molar-refractivity contribution in [3.8, 4) is 0 Å². The lowest BCUT2D eigenvalue weighted by Crippen LogP contribution is -2.13. The summed E-state index contributed by atoms with van der Waals surface area (Å²) in [6, 6.07) is 5.74. The molecule has 0 radical (unpaired) electrons. The van der Waals surface area contributed by atoms with Gasteiger partial charge in [-0.05, 0) is 30.9 Å². The average molecular weight is 236 g/mol. The number of halogens is 1. The van der Waals surface area contributed by atoms with E-state index in [0.29, 0.717) is 18.1 Å². The molecular formula is C14H17FO2. The Balaban J connectivity index is 1.77. The molecule has 0 atom stereocenters. The Morgan fingerprint density at radius 2 is 2.12 bits per heavy atom. The van der Waals surface area contributed by atoms with Crippen LogP contribution >= 0.6 is 0 Å². The third-order valence-electron chi connectivity index (χ3n) is 3.21. The number of hydrogen-bond acceptors (Lipinski definition) is 2. The molecule has 0 N–H and O–H groups in total. The molecule has 0 aliphatic heterocycles. The number of ketones is 1. The quantitative estimate of drug-likeness (QED) is 0.734. The van der Waals surface area contributed by atoms with E-state index >= 15 is 0 Å². The van der Waals surface area contributed by atoms with Crippen molar-refractivity contribution in [2.24, 2.45) is 5.92 Å². The van der Waals surface area contributed by atoms with Crippen LogP contribution in [-0.4, -0.2) is 19.0 Å². The second kappa shape index (κ2) is 5.92. The fraction of sp³-hybridized carbons (Fsp3) is 0.500. The Hall–Kier alpha value is -1.22. The van der Waals surface area contributed by atoms with E-state index in [2.05, 4.69) is 0 Å². The van der Waals surface area contributed by atoms with Gasteiger partial charge in [-0.2, -0.15) is 0 Å². The lowest BCUT2D eigenvalue weighted by atomic mass is 10.1. The molecule has 0 amide bonds. The molecule has 1 aromatic rings. The molecular weight excluding hydrogens is 219 g/mol. The maximum Gasteiger partial charge on any atom is 0.188 e. The van der Waals surface area contributed by atoms with E-state index in [-0.39, 0.29) is 18.2 Å². The summed E-state index contributed by atoms with van der Waals surface area (Å²) >= 11 is 0. The van der Waals surface area contributed by atoms with E-state index in [1.54, 1.807) is 12.1 Å². The Kier molecular flexibility index (Phi) is 4.26. The highest BCUT2D eigenvalue weighted by Gasteiger charge is 2.15. The number of ether oxygens (including phenoxy) is 1. The van der Waals surface area contributed by atoms with E-state index < -0.39 is 0 Å². The van der Waals surface area contributed by atoms with Crippen LogP contribution in [0, 0.1) is 11.7 Å². The minimum atomic E-state index is -0.383.